The van der Waals surface area contributed by atoms with E-state index in [1.165, 1.54) is 23.5 Å². The summed E-state index contributed by atoms with van der Waals surface area (Å²) in [4.78, 5) is 0. The topological polar surface area (TPSA) is 43.1 Å². The van der Waals surface area contributed by atoms with Crippen LogP contribution in [0.5, 0.6) is 0 Å². The fourth-order valence-electron chi connectivity index (χ4n) is 0.674. The molecule has 0 amide bonds. The average molecular weight is 154 g/mol. The minimum Gasteiger partial charge on any atom is -0.238 e. The van der Waals surface area contributed by atoms with Crippen LogP contribution < -0.4 is 0 Å². The van der Waals surface area contributed by atoms with Crippen LogP contribution in [-0.2, 0) is 0 Å². The third kappa shape index (κ3) is 1.42. The third-order valence-corrected chi connectivity index (χ3v) is 1.56. The summed E-state index contributed by atoms with van der Waals surface area (Å²) >= 11 is 0. The number of hydrogen-bond donors (Lipinski definition) is 0. The van der Waals surface area contributed by atoms with Crippen molar-refractivity contribution in [3.63, 3.8) is 0 Å². The number of rotatable bonds is 2. The van der Waals surface area contributed by atoms with Gasteiger partial charge >= 0.3 is 0 Å². The maximum Gasteiger partial charge on any atom is 0.148 e. The molecule has 4 nitrogen and oxygen atoms in total. The zero-order valence-corrected chi connectivity index (χ0v) is 5.81. The van der Waals surface area contributed by atoms with E-state index in [4.69, 9.17) is 0 Å². The molecule has 0 aromatic carbocycles. The Balaban J connectivity index is 2.05. The van der Waals surface area contributed by atoms with Crippen LogP contribution >= 0.6 is 0 Å². The molecular formula is C6H7FN4. The Labute approximate surface area is 62.7 Å². The molecule has 0 radical (unpaired) electrons. The summed E-state index contributed by atoms with van der Waals surface area (Å²) in [5.74, 6) is 0. The Bertz CT molecular complexity index is 262. The van der Waals surface area contributed by atoms with Crippen LogP contribution in [0, 0.1) is 0 Å². The summed E-state index contributed by atoms with van der Waals surface area (Å²) in [5, 5.41) is 10.8. The van der Waals surface area contributed by atoms with Crippen LogP contribution in [0.15, 0.2) is 17.8 Å². The maximum atomic E-state index is 12.9. The minimum atomic E-state index is -1.15. The summed E-state index contributed by atoms with van der Waals surface area (Å²) < 4.78 is 14.3. The van der Waals surface area contributed by atoms with Gasteiger partial charge in [-0.3, -0.25) is 0 Å². The van der Waals surface area contributed by atoms with Gasteiger partial charge in [-0.15, -0.1) is 10.2 Å². The van der Waals surface area contributed by atoms with Crippen molar-refractivity contribution in [1.82, 2.24) is 14.9 Å². The lowest BCUT2D eigenvalue weighted by Gasteiger charge is -1.92. The molecule has 0 atom stereocenters. The Morgan fingerprint density at radius 3 is 2.64 bits per heavy atom. The number of halogens is 1. The van der Waals surface area contributed by atoms with Gasteiger partial charge in [0.2, 0.25) is 0 Å². The fraction of sp³-hybridized carbons (Fsp3) is 0.500. The van der Waals surface area contributed by atoms with Crippen molar-refractivity contribution in [1.29, 1.82) is 0 Å². The van der Waals surface area contributed by atoms with Crippen molar-refractivity contribution >= 4 is 6.21 Å². The number of aromatic nitrogens is 3. The van der Waals surface area contributed by atoms with Crippen molar-refractivity contribution in [2.24, 2.45) is 5.10 Å². The molecule has 1 aliphatic carbocycles. The average Bonchev–Trinajstić information content (AvgIpc) is 2.53. The molecule has 0 N–H and O–H groups in total. The quantitative estimate of drug-likeness (QED) is 0.586. The first-order valence-corrected chi connectivity index (χ1v) is 3.38. The molecule has 1 heterocycles. The van der Waals surface area contributed by atoms with E-state index in [9.17, 15) is 4.39 Å². The van der Waals surface area contributed by atoms with Gasteiger partial charge in [-0.2, -0.15) is 5.10 Å². The summed E-state index contributed by atoms with van der Waals surface area (Å²) in [6.45, 7) is 0. The Kier molecular flexibility index (Phi) is 1.24. The van der Waals surface area contributed by atoms with E-state index in [1.807, 2.05) is 0 Å². The molecule has 0 saturated heterocycles. The monoisotopic (exact) mass is 154 g/mol. The van der Waals surface area contributed by atoms with Crippen LogP contribution in [-0.4, -0.2) is 26.8 Å². The molecule has 1 aliphatic rings. The number of hydrogen-bond acceptors (Lipinski definition) is 3. The highest BCUT2D eigenvalue weighted by molar-refractivity contribution is 5.72. The normalized spacial score (nSPS) is 20.8. The van der Waals surface area contributed by atoms with Gasteiger partial charge in [0.05, 0.1) is 6.21 Å². The second-order valence-corrected chi connectivity index (χ2v) is 2.62. The van der Waals surface area contributed by atoms with Crippen LogP contribution in [0.3, 0.4) is 0 Å². The highest BCUT2D eigenvalue weighted by atomic mass is 19.1. The largest absolute Gasteiger partial charge is 0.238 e. The summed E-state index contributed by atoms with van der Waals surface area (Å²) in [5.41, 5.74) is -1.15. The van der Waals surface area contributed by atoms with Crippen LogP contribution in [0.1, 0.15) is 12.8 Å². The standard InChI is InChI=1S/C6H7FN4/c7-6(1-2-6)3-10-11-4-8-9-5-11/h3-5H,1-2H2/b10-3+. The second-order valence-electron chi connectivity index (χ2n) is 2.62. The smallest absolute Gasteiger partial charge is 0.148 e. The van der Waals surface area contributed by atoms with E-state index in [1.54, 1.807) is 0 Å². The first-order valence-electron chi connectivity index (χ1n) is 3.38. The number of nitrogens with zero attached hydrogens (tertiary/aromatic N) is 4. The van der Waals surface area contributed by atoms with Crippen molar-refractivity contribution < 1.29 is 4.39 Å². The molecule has 1 saturated carbocycles. The van der Waals surface area contributed by atoms with E-state index >= 15 is 0 Å². The van der Waals surface area contributed by atoms with Gasteiger partial charge in [-0.05, 0) is 12.8 Å². The molecule has 58 valence electrons. The van der Waals surface area contributed by atoms with Crippen LogP contribution in [0.4, 0.5) is 4.39 Å². The Hall–Kier alpha value is -1.26. The summed E-state index contributed by atoms with van der Waals surface area (Å²) in [6, 6.07) is 0. The molecule has 0 spiro atoms. The number of alkyl halides is 1. The maximum absolute atomic E-state index is 12.9. The zero-order chi connectivity index (χ0) is 7.73. The van der Waals surface area contributed by atoms with E-state index in [0.717, 1.165) is 0 Å². The van der Waals surface area contributed by atoms with Crippen molar-refractivity contribution in [3.8, 4) is 0 Å². The van der Waals surface area contributed by atoms with E-state index < -0.39 is 5.67 Å². The lowest BCUT2D eigenvalue weighted by Crippen LogP contribution is -2.01. The SMILES string of the molecule is FC1(/C=N/n2cnnc2)CC1. The molecular weight excluding hydrogens is 147 g/mol. The molecule has 0 bridgehead atoms. The van der Waals surface area contributed by atoms with E-state index in [-0.39, 0.29) is 0 Å². The van der Waals surface area contributed by atoms with E-state index in [0.29, 0.717) is 12.8 Å². The highest BCUT2D eigenvalue weighted by Crippen LogP contribution is 2.37. The molecule has 1 aromatic rings. The molecule has 0 aliphatic heterocycles. The fourth-order valence-corrected chi connectivity index (χ4v) is 0.674. The van der Waals surface area contributed by atoms with Gasteiger partial charge in [0, 0.05) is 0 Å². The van der Waals surface area contributed by atoms with Gasteiger partial charge in [-0.25, -0.2) is 9.07 Å². The van der Waals surface area contributed by atoms with Crippen LogP contribution in [0.25, 0.3) is 0 Å². The highest BCUT2D eigenvalue weighted by Gasteiger charge is 2.41. The predicted molar refractivity (Wildman–Crippen MR) is 37.0 cm³/mol. The van der Waals surface area contributed by atoms with E-state index in [2.05, 4.69) is 15.3 Å². The molecule has 2 rings (SSSR count). The van der Waals surface area contributed by atoms with Crippen molar-refractivity contribution in [2.75, 3.05) is 0 Å². The summed E-state index contributed by atoms with van der Waals surface area (Å²) in [7, 11) is 0. The lowest BCUT2D eigenvalue weighted by atomic mass is 10.4. The molecule has 5 heteroatoms. The van der Waals surface area contributed by atoms with Gasteiger partial charge in [0.1, 0.15) is 18.3 Å². The third-order valence-electron chi connectivity index (χ3n) is 1.56. The Morgan fingerprint density at radius 1 is 1.45 bits per heavy atom. The van der Waals surface area contributed by atoms with Crippen molar-refractivity contribution in [2.45, 2.75) is 18.5 Å². The van der Waals surface area contributed by atoms with Gasteiger partial charge < -0.3 is 0 Å². The van der Waals surface area contributed by atoms with Gasteiger partial charge in [-0.1, -0.05) is 0 Å². The lowest BCUT2D eigenvalue weighted by molar-refractivity contribution is 0.412. The van der Waals surface area contributed by atoms with Gasteiger partial charge in [0.25, 0.3) is 0 Å². The second kappa shape index (κ2) is 2.11. The van der Waals surface area contributed by atoms with Gasteiger partial charge in [0.15, 0.2) is 0 Å². The first-order chi connectivity index (χ1) is 5.29. The molecule has 1 aromatic heterocycles. The predicted octanol–water partition coefficient (Wildman–Crippen LogP) is 0.614. The summed E-state index contributed by atoms with van der Waals surface area (Å²) in [6.07, 6.45) is 5.30. The molecule has 0 unspecified atom stereocenters. The minimum absolute atomic E-state index is 0.582. The first kappa shape index (κ1) is 6.45. The van der Waals surface area contributed by atoms with Crippen molar-refractivity contribution in [3.05, 3.63) is 12.7 Å². The van der Waals surface area contributed by atoms with Crippen LogP contribution in [0.2, 0.25) is 0 Å². The Morgan fingerprint density at radius 2 is 2.09 bits per heavy atom. The molecule has 1 fully saturated rings. The molecule has 11 heavy (non-hydrogen) atoms. The zero-order valence-electron chi connectivity index (χ0n) is 5.81.